The molecule has 0 saturated heterocycles. The lowest BCUT2D eigenvalue weighted by atomic mass is 10.1. The number of hydrogen-bond donors (Lipinski definition) is 1. The molecule has 0 saturated carbocycles. The summed E-state index contributed by atoms with van der Waals surface area (Å²) in [6.07, 6.45) is 4.88. The van der Waals surface area contributed by atoms with Gasteiger partial charge in [0, 0.05) is 17.7 Å². The monoisotopic (exact) mass is 316 g/mol. The van der Waals surface area contributed by atoms with Gasteiger partial charge in [-0.3, -0.25) is 0 Å². The van der Waals surface area contributed by atoms with Gasteiger partial charge in [0.25, 0.3) is 0 Å². The lowest BCUT2D eigenvalue weighted by molar-refractivity contribution is 0.305. The van der Waals surface area contributed by atoms with E-state index in [0.717, 1.165) is 54.4 Å². The first-order chi connectivity index (χ1) is 11.3. The third-order valence-electron chi connectivity index (χ3n) is 3.95. The topological polar surface area (TPSA) is 47.3 Å². The van der Waals surface area contributed by atoms with E-state index in [4.69, 9.17) is 9.26 Å². The van der Waals surface area contributed by atoms with Gasteiger partial charge in [0.15, 0.2) is 5.76 Å². The van der Waals surface area contributed by atoms with Gasteiger partial charge in [0.05, 0.1) is 6.61 Å². The number of aromatic nitrogens is 1. The Kier molecular flexibility index (Phi) is 7.14. The molecule has 0 spiro atoms. The van der Waals surface area contributed by atoms with E-state index in [2.05, 4.69) is 31.2 Å². The van der Waals surface area contributed by atoms with Crippen molar-refractivity contribution in [1.82, 2.24) is 10.5 Å². The van der Waals surface area contributed by atoms with Crippen LogP contribution in [0.3, 0.4) is 0 Å². The molecule has 1 N–H and O–H groups in total. The third-order valence-corrected chi connectivity index (χ3v) is 3.95. The van der Waals surface area contributed by atoms with Crippen molar-refractivity contribution >= 4 is 0 Å². The quantitative estimate of drug-likeness (QED) is 0.644. The first-order valence-electron chi connectivity index (χ1n) is 8.65. The molecule has 0 bridgehead atoms. The maximum Gasteiger partial charge on any atom is 0.170 e. The summed E-state index contributed by atoms with van der Waals surface area (Å²) >= 11 is 0. The van der Waals surface area contributed by atoms with Gasteiger partial charge in [0.2, 0.25) is 0 Å². The van der Waals surface area contributed by atoms with Gasteiger partial charge in [0.1, 0.15) is 11.4 Å². The Hall–Kier alpha value is -1.81. The molecule has 0 radical (unpaired) electrons. The number of ether oxygens (including phenoxy) is 1. The van der Waals surface area contributed by atoms with Crippen LogP contribution in [0.1, 0.15) is 50.8 Å². The Balaban J connectivity index is 1.93. The SMILES string of the molecule is CCCCCCOc1ccc(-c2onc(CNCC)c2C)cc1. The maximum absolute atomic E-state index is 5.78. The second kappa shape index (κ2) is 9.36. The zero-order valence-electron chi connectivity index (χ0n) is 14.5. The van der Waals surface area contributed by atoms with Gasteiger partial charge in [-0.15, -0.1) is 0 Å². The van der Waals surface area contributed by atoms with E-state index in [-0.39, 0.29) is 0 Å². The minimum Gasteiger partial charge on any atom is -0.494 e. The van der Waals surface area contributed by atoms with Crippen molar-refractivity contribution < 1.29 is 9.26 Å². The van der Waals surface area contributed by atoms with Gasteiger partial charge in [-0.25, -0.2) is 0 Å². The van der Waals surface area contributed by atoms with E-state index in [9.17, 15) is 0 Å². The minimum absolute atomic E-state index is 0.741. The molecule has 1 aromatic heterocycles. The molecule has 0 atom stereocenters. The molecule has 4 heteroatoms. The fourth-order valence-electron chi connectivity index (χ4n) is 2.47. The summed E-state index contributed by atoms with van der Waals surface area (Å²) in [5.74, 6) is 1.75. The third kappa shape index (κ3) is 5.10. The van der Waals surface area contributed by atoms with E-state index in [1.165, 1.54) is 19.3 Å². The van der Waals surface area contributed by atoms with Crippen molar-refractivity contribution in [3.63, 3.8) is 0 Å². The highest BCUT2D eigenvalue weighted by molar-refractivity contribution is 5.62. The second-order valence-corrected chi connectivity index (χ2v) is 5.80. The molecule has 0 aliphatic carbocycles. The highest BCUT2D eigenvalue weighted by Gasteiger charge is 2.13. The normalized spacial score (nSPS) is 10.9. The van der Waals surface area contributed by atoms with Crippen LogP contribution in [0.2, 0.25) is 0 Å². The molecule has 0 aliphatic rings. The Morgan fingerprint density at radius 2 is 1.87 bits per heavy atom. The van der Waals surface area contributed by atoms with Crippen molar-refractivity contribution in [1.29, 1.82) is 0 Å². The predicted molar refractivity (Wildman–Crippen MR) is 93.7 cm³/mol. The molecule has 1 heterocycles. The summed E-state index contributed by atoms with van der Waals surface area (Å²) in [4.78, 5) is 0. The fraction of sp³-hybridized carbons (Fsp3) is 0.526. The van der Waals surface area contributed by atoms with Gasteiger partial charge < -0.3 is 14.6 Å². The summed E-state index contributed by atoms with van der Waals surface area (Å²) in [7, 11) is 0. The molecule has 0 fully saturated rings. The van der Waals surface area contributed by atoms with Gasteiger partial charge in [-0.1, -0.05) is 38.3 Å². The highest BCUT2D eigenvalue weighted by Crippen LogP contribution is 2.27. The smallest absolute Gasteiger partial charge is 0.170 e. The average molecular weight is 316 g/mol. The lowest BCUT2D eigenvalue weighted by Gasteiger charge is -2.06. The van der Waals surface area contributed by atoms with Crippen LogP contribution in [0.4, 0.5) is 0 Å². The van der Waals surface area contributed by atoms with Crippen molar-refractivity contribution in [2.24, 2.45) is 0 Å². The molecule has 126 valence electrons. The second-order valence-electron chi connectivity index (χ2n) is 5.80. The zero-order chi connectivity index (χ0) is 16.5. The van der Waals surface area contributed by atoms with E-state index in [0.29, 0.717) is 0 Å². The van der Waals surface area contributed by atoms with Crippen LogP contribution in [0.25, 0.3) is 11.3 Å². The van der Waals surface area contributed by atoms with Crippen molar-refractivity contribution in [2.45, 2.75) is 53.0 Å². The number of nitrogens with one attached hydrogen (secondary N) is 1. The molecule has 2 aromatic rings. The number of nitrogens with zero attached hydrogens (tertiary/aromatic N) is 1. The molecule has 2 rings (SSSR count). The Morgan fingerprint density at radius 3 is 2.57 bits per heavy atom. The molecule has 0 amide bonds. The molecular weight excluding hydrogens is 288 g/mol. The summed E-state index contributed by atoms with van der Waals surface area (Å²) in [6.45, 7) is 8.80. The molecule has 0 aliphatic heterocycles. The van der Waals surface area contributed by atoms with Crippen LogP contribution in [-0.2, 0) is 6.54 Å². The molecular formula is C19H28N2O2. The Bertz CT molecular complexity index is 576. The van der Waals surface area contributed by atoms with Gasteiger partial charge in [-0.05, 0) is 44.2 Å². The number of hydrogen-bond acceptors (Lipinski definition) is 4. The van der Waals surface area contributed by atoms with Crippen LogP contribution in [0.5, 0.6) is 5.75 Å². The van der Waals surface area contributed by atoms with Crippen LogP contribution >= 0.6 is 0 Å². The van der Waals surface area contributed by atoms with Crippen LogP contribution in [0.15, 0.2) is 28.8 Å². The van der Waals surface area contributed by atoms with Crippen LogP contribution in [0, 0.1) is 6.92 Å². The van der Waals surface area contributed by atoms with Crippen LogP contribution in [-0.4, -0.2) is 18.3 Å². The average Bonchev–Trinajstić information content (AvgIpc) is 2.94. The van der Waals surface area contributed by atoms with Crippen molar-refractivity contribution in [3.8, 4) is 17.1 Å². The van der Waals surface area contributed by atoms with Crippen molar-refractivity contribution in [3.05, 3.63) is 35.5 Å². The Labute approximate surface area is 139 Å². The van der Waals surface area contributed by atoms with E-state index < -0.39 is 0 Å². The summed E-state index contributed by atoms with van der Waals surface area (Å²) in [6, 6.07) is 8.07. The molecule has 1 aromatic carbocycles. The summed E-state index contributed by atoms with van der Waals surface area (Å²) in [5.41, 5.74) is 3.10. The molecule has 0 unspecified atom stereocenters. The van der Waals surface area contributed by atoms with Gasteiger partial charge >= 0.3 is 0 Å². The standard InChI is InChI=1S/C19H28N2O2/c1-4-6-7-8-13-22-17-11-9-16(10-12-17)19-15(3)18(21-23-19)14-20-5-2/h9-12,20H,4-8,13-14H2,1-3H3. The predicted octanol–water partition coefficient (Wildman–Crippen LogP) is 4.72. The van der Waals surface area contributed by atoms with E-state index >= 15 is 0 Å². The molecule has 23 heavy (non-hydrogen) atoms. The lowest BCUT2D eigenvalue weighted by Crippen LogP contribution is -2.12. The molecule has 4 nitrogen and oxygen atoms in total. The van der Waals surface area contributed by atoms with Gasteiger partial charge in [-0.2, -0.15) is 0 Å². The minimum atomic E-state index is 0.741. The summed E-state index contributed by atoms with van der Waals surface area (Å²) in [5, 5.41) is 7.44. The summed E-state index contributed by atoms with van der Waals surface area (Å²) < 4.78 is 11.3. The number of benzene rings is 1. The number of unbranched alkanes of at least 4 members (excludes halogenated alkanes) is 3. The van der Waals surface area contributed by atoms with Crippen molar-refractivity contribution in [2.75, 3.05) is 13.2 Å². The highest BCUT2D eigenvalue weighted by atomic mass is 16.5. The fourth-order valence-corrected chi connectivity index (χ4v) is 2.47. The first kappa shape index (κ1) is 17.5. The zero-order valence-corrected chi connectivity index (χ0v) is 14.5. The van der Waals surface area contributed by atoms with Crippen LogP contribution < -0.4 is 10.1 Å². The maximum atomic E-state index is 5.78. The Morgan fingerprint density at radius 1 is 1.09 bits per heavy atom. The number of rotatable bonds is 10. The van der Waals surface area contributed by atoms with E-state index in [1.807, 2.05) is 24.3 Å². The van der Waals surface area contributed by atoms with E-state index in [1.54, 1.807) is 0 Å². The largest absolute Gasteiger partial charge is 0.494 e. The first-order valence-corrected chi connectivity index (χ1v) is 8.65.